The number of anilines is 1. The summed E-state index contributed by atoms with van der Waals surface area (Å²) in [5, 5.41) is 10.9. The molecule has 2 heterocycles. The van der Waals surface area contributed by atoms with Crippen molar-refractivity contribution < 1.29 is 19.2 Å². The minimum absolute atomic E-state index is 0.224. The maximum atomic E-state index is 12.0. The highest BCUT2D eigenvalue weighted by Gasteiger charge is 2.22. The average Bonchev–Trinajstić information content (AvgIpc) is 2.70. The molecule has 0 radical (unpaired) electrons. The van der Waals surface area contributed by atoms with Gasteiger partial charge in [0.25, 0.3) is 0 Å². The molecule has 0 saturated carbocycles. The van der Waals surface area contributed by atoms with E-state index < -0.39 is 0 Å². The van der Waals surface area contributed by atoms with Crippen molar-refractivity contribution in [1.82, 2.24) is 0 Å². The van der Waals surface area contributed by atoms with Crippen molar-refractivity contribution in [2.45, 2.75) is 13.5 Å². The molecule has 0 bridgehead atoms. The van der Waals surface area contributed by atoms with Crippen LogP contribution in [0.4, 0.5) is 5.69 Å². The Morgan fingerprint density at radius 1 is 1.14 bits per heavy atom. The van der Waals surface area contributed by atoms with Gasteiger partial charge in [-0.3, -0.25) is 0 Å². The second-order valence-electron chi connectivity index (χ2n) is 7.34. The zero-order valence-corrected chi connectivity index (χ0v) is 16.2. The molecule has 146 valence electrons. The number of methoxy groups -OCH3 is 1. The number of nitrogens with one attached hydrogen (secondary N) is 1. The summed E-state index contributed by atoms with van der Waals surface area (Å²) in [5.74, 6) is 1.09. The summed E-state index contributed by atoms with van der Waals surface area (Å²) < 4.78 is 10.6. The molecular weight excluding hydrogens is 356 g/mol. The summed E-state index contributed by atoms with van der Waals surface area (Å²) in [4.78, 5) is 15.8. The molecule has 2 aromatic carbocycles. The molecule has 2 N–H and O–H groups in total. The van der Waals surface area contributed by atoms with Gasteiger partial charge in [-0.05, 0) is 48.9 Å². The van der Waals surface area contributed by atoms with Gasteiger partial charge in [0, 0.05) is 22.7 Å². The molecule has 1 fully saturated rings. The van der Waals surface area contributed by atoms with Crippen LogP contribution in [-0.2, 0) is 6.54 Å². The third-order valence-electron chi connectivity index (χ3n) is 5.50. The number of rotatable bonds is 4. The number of ether oxygens (including phenoxy) is 1. The summed E-state index contributed by atoms with van der Waals surface area (Å²) >= 11 is 0. The first kappa shape index (κ1) is 18.4. The number of hydrogen-bond donors (Lipinski definition) is 2. The lowest BCUT2D eigenvalue weighted by molar-refractivity contribution is -0.914. The molecule has 1 aliphatic rings. The second-order valence-corrected chi connectivity index (χ2v) is 7.34. The Kier molecular flexibility index (Phi) is 4.96. The third kappa shape index (κ3) is 3.68. The largest absolute Gasteiger partial charge is 0.508 e. The predicted octanol–water partition coefficient (Wildman–Crippen LogP) is 1.72. The van der Waals surface area contributed by atoms with E-state index >= 15 is 0 Å². The summed E-state index contributed by atoms with van der Waals surface area (Å²) in [5.41, 5.74) is 3.02. The molecule has 1 saturated heterocycles. The maximum Gasteiger partial charge on any atom is 0.336 e. The summed E-state index contributed by atoms with van der Waals surface area (Å²) in [6.07, 6.45) is 0. The number of hydrogen-bond acceptors (Lipinski definition) is 5. The summed E-state index contributed by atoms with van der Waals surface area (Å²) in [6, 6.07) is 13.1. The van der Waals surface area contributed by atoms with Crippen molar-refractivity contribution in [3.8, 4) is 11.5 Å². The molecule has 0 aliphatic carbocycles. The normalized spacial score (nSPS) is 15.1. The minimum Gasteiger partial charge on any atom is -0.508 e. The molecule has 0 atom stereocenters. The van der Waals surface area contributed by atoms with Gasteiger partial charge >= 0.3 is 5.63 Å². The van der Waals surface area contributed by atoms with Crippen LogP contribution in [-0.4, -0.2) is 38.4 Å². The fourth-order valence-electron chi connectivity index (χ4n) is 3.83. The molecule has 28 heavy (non-hydrogen) atoms. The van der Waals surface area contributed by atoms with Gasteiger partial charge in [0.15, 0.2) is 0 Å². The van der Waals surface area contributed by atoms with Gasteiger partial charge < -0.3 is 24.1 Å². The topological polar surface area (TPSA) is 67.4 Å². The SMILES string of the molecule is COc1ccc(N2CC[NH+](Cc3cc(=O)oc4cc(C)c(O)cc34)CC2)cc1. The van der Waals surface area contributed by atoms with E-state index in [0.29, 0.717) is 11.1 Å². The number of fused-ring (bicyclic) bond motifs is 1. The quantitative estimate of drug-likeness (QED) is 0.674. The average molecular weight is 381 g/mol. The van der Waals surface area contributed by atoms with Gasteiger partial charge in [-0.1, -0.05) is 0 Å². The first-order valence-electron chi connectivity index (χ1n) is 9.52. The van der Waals surface area contributed by atoms with E-state index in [4.69, 9.17) is 9.15 Å². The second kappa shape index (κ2) is 7.56. The molecule has 4 rings (SSSR count). The van der Waals surface area contributed by atoms with Crippen molar-refractivity contribution in [2.24, 2.45) is 0 Å². The Hall–Kier alpha value is -2.99. The van der Waals surface area contributed by atoms with Crippen LogP contribution < -0.4 is 20.2 Å². The zero-order chi connectivity index (χ0) is 19.7. The third-order valence-corrected chi connectivity index (χ3v) is 5.50. The van der Waals surface area contributed by atoms with Crippen molar-refractivity contribution in [1.29, 1.82) is 0 Å². The van der Waals surface area contributed by atoms with Crippen LogP contribution in [0.3, 0.4) is 0 Å². The minimum atomic E-state index is -0.344. The van der Waals surface area contributed by atoms with E-state index in [1.165, 1.54) is 10.6 Å². The first-order valence-corrected chi connectivity index (χ1v) is 9.52. The molecule has 1 aliphatic heterocycles. The number of aromatic hydroxyl groups is 1. The van der Waals surface area contributed by atoms with Gasteiger partial charge in [0.05, 0.1) is 33.3 Å². The number of phenols is 1. The standard InChI is InChI=1S/C22H24N2O4/c1-15-11-21-19(13-20(15)25)16(12-22(26)28-21)14-23-7-9-24(10-8-23)17-3-5-18(27-2)6-4-17/h3-6,11-13,25H,7-10,14H2,1-2H3/p+1. The molecule has 0 spiro atoms. The number of benzene rings is 2. The summed E-state index contributed by atoms with van der Waals surface area (Å²) in [7, 11) is 1.67. The Bertz CT molecular complexity index is 1030. The van der Waals surface area contributed by atoms with Crippen molar-refractivity contribution >= 4 is 16.7 Å². The van der Waals surface area contributed by atoms with E-state index in [2.05, 4.69) is 17.0 Å². The Morgan fingerprint density at radius 3 is 2.54 bits per heavy atom. The number of nitrogens with zero attached hydrogens (tertiary/aromatic N) is 1. The molecule has 1 aromatic heterocycles. The van der Waals surface area contributed by atoms with Crippen LogP contribution >= 0.6 is 0 Å². The molecule has 6 nitrogen and oxygen atoms in total. The Balaban J connectivity index is 1.49. The van der Waals surface area contributed by atoms with Gasteiger partial charge in [-0.15, -0.1) is 0 Å². The summed E-state index contributed by atoms with van der Waals surface area (Å²) in [6.45, 7) is 6.39. The maximum absolute atomic E-state index is 12.0. The smallest absolute Gasteiger partial charge is 0.336 e. The van der Waals surface area contributed by atoms with Crippen LogP contribution in [0.2, 0.25) is 0 Å². The highest BCUT2D eigenvalue weighted by molar-refractivity contribution is 5.82. The number of phenolic OH excluding ortho intramolecular Hbond substituents is 1. The van der Waals surface area contributed by atoms with E-state index in [1.54, 1.807) is 32.2 Å². The fourth-order valence-corrected chi connectivity index (χ4v) is 3.83. The highest BCUT2D eigenvalue weighted by Crippen LogP contribution is 2.25. The highest BCUT2D eigenvalue weighted by atomic mass is 16.5. The Morgan fingerprint density at radius 2 is 1.86 bits per heavy atom. The molecule has 6 heteroatoms. The predicted molar refractivity (Wildman–Crippen MR) is 108 cm³/mol. The van der Waals surface area contributed by atoms with E-state index in [0.717, 1.165) is 49.4 Å². The van der Waals surface area contributed by atoms with Crippen LogP contribution in [0.5, 0.6) is 11.5 Å². The zero-order valence-electron chi connectivity index (χ0n) is 16.2. The van der Waals surface area contributed by atoms with Crippen LogP contribution in [0.25, 0.3) is 11.0 Å². The number of aryl methyl sites for hydroxylation is 1. The first-order chi connectivity index (χ1) is 13.5. The van der Waals surface area contributed by atoms with Crippen molar-refractivity contribution in [2.75, 3.05) is 38.2 Å². The molecular formula is C22H25N2O4+. The lowest BCUT2D eigenvalue weighted by atomic mass is 10.1. The lowest BCUT2D eigenvalue weighted by Gasteiger charge is -2.33. The van der Waals surface area contributed by atoms with Crippen molar-refractivity contribution in [3.63, 3.8) is 0 Å². The van der Waals surface area contributed by atoms with Crippen LogP contribution in [0.15, 0.2) is 51.7 Å². The fraction of sp³-hybridized carbons (Fsp3) is 0.318. The monoisotopic (exact) mass is 381 g/mol. The molecule has 0 unspecified atom stereocenters. The van der Waals surface area contributed by atoms with Gasteiger partial charge in [-0.2, -0.15) is 0 Å². The van der Waals surface area contributed by atoms with E-state index in [-0.39, 0.29) is 11.4 Å². The van der Waals surface area contributed by atoms with E-state index in [9.17, 15) is 9.90 Å². The van der Waals surface area contributed by atoms with Gasteiger partial charge in [0.2, 0.25) is 0 Å². The number of quaternary nitrogens is 1. The molecule has 3 aromatic rings. The lowest BCUT2D eigenvalue weighted by Crippen LogP contribution is -3.13. The van der Waals surface area contributed by atoms with Crippen LogP contribution in [0.1, 0.15) is 11.1 Å². The van der Waals surface area contributed by atoms with Crippen LogP contribution in [0, 0.1) is 6.92 Å². The molecule has 0 amide bonds. The van der Waals surface area contributed by atoms with Gasteiger partial charge in [0.1, 0.15) is 23.6 Å². The number of piperazine rings is 1. The van der Waals surface area contributed by atoms with E-state index in [1.807, 2.05) is 12.1 Å². The Labute approximate surface area is 163 Å². The van der Waals surface area contributed by atoms with Gasteiger partial charge in [-0.25, -0.2) is 4.79 Å². The van der Waals surface area contributed by atoms with Crippen molar-refractivity contribution in [3.05, 3.63) is 64.0 Å².